The SMILES string of the molecule is CCCCc1ccc(-c2ccc(C(=O)C[C@@H](CCCN)C(=O)N(C)[C@@H]3C(=O)C[C@@H](C)C(=O)N[C@H](C(C)=O)Cc4ccc(OCCN)c(c4)-c4cc3ccc4OCCN)cc2)cc1. The van der Waals surface area contributed by atoms with Crippen molar-refractivity contribution in [3.8, 4) is 33.8 Å². The molecule has 1 heterocycles. The van der Waals surface area contributed by atoms with E-state index < -0.39 is 41.5 Å². The molecule has 0 fully saturated rings. The number of nitrogens with zero attached hydrogens (tertiary/aromatic N) is 1. The van der Waals surface area contributed by atoms with Crippen LogP contribution in [0.3, 0.4) is 0 Å². The molecule has 4 bridgehead atoms. The normalized spacial score (nSPS) is 17.0. The minimum atomic E-state index is -1.16. The van der Waals surface area contributed by atoms with Gasteiger partial charge in [0.05, 0.1) is 6.04 Å². The predicted molar refractivity (Wildman–Crippen MR) is 243 cm³/mol. The van der Waals surface area contributed by atoms with Crippen molar-refractivity contribution < 1.29 is 33.4 Å². The van der Waals surface area contributed by atoms with Crippen molar-refractivity contribution in [3.05, 3.63) is 107 Å². The summed E-state index contributed by atoms with van der Waals surface area (Å²) in [5, 5.41) is 2.85. The summed E-state index contributed by atoms with van der Waals surface area (Å²) in [5.74, 6) is -2.37. The van der Waals surface area contributed by atoms with Gasteiger partial charge in [-0.2, -0.15) is 0 Å². The molecule has 0 spiro atoms. The Kier molecular flexibility index (Phi) is 17.5. The summed E-state index contributed by atoms with van der Waals surface area (Å²) >= 11 is 0. The highest BCUT2D eigenvalue weighted by Crippen LogP contribution is 2.41. The fourth-order valence-corrected chi connectivity index (χ4v) is 7.94. The first-order valence-electron chi connectivity index (χ1n) is 21.8. The molecule has 0 saturated carbocycles. The van der Waals surface area contributed by atoms with Gasteiger partial charge in [0, 0.05) is 61.5 Å². The highest BCUT2D eigenvalue weighted by molar-refractivity contribution is 6.00. The summed E-state index contributed by atoms with van der Waals surface area (Å²) in [6.45, 7) is 6.45. The summed E-state index contributed by atoms with van der Waals surface area (Å²) < 4.78 is 12.2. The van der Waals surface area contributed by atoms with E-state index in [9.17, 15) is 24.0 Å². The van der Waals surface area contributed by atoms with Gasteiger partial charge in [0.25, 0.3) is 0 Å². The quantitative estimate of drug-likeness (QED) is 0.0768. The zero-order chi connectivity index (χ0) is 44.8. The van der Waals surface area contributed by atoms with Gasteiger partial charge in [-0.15, -0.1) is 0 Å². The lowest BCUT2D eigenvalue weighted by Gasteiger charge is -2.32. The Bertz CT molecular complexity index is 2170. The van der Waals surface area contributed by atoms with Gasteiger partial charge in [0.15, 0.2) is 17.3 Å². The monoisotopic (exact) mass is 845 g/mol. The second kappa shape index (κ2) is 23.0. The van der Waals surface area contributed by atoms with Crippen LogP contribution >= 0.6 is 0 Å². The van der Waals surface area contributed by atoms with E-state index in [0.29, 0.717) is 53.1 Å². The van der Waals surface area contributed by atoms with E-state index in [-0.39, 0.29) is 57.1 Å². The molecule has 2 amide bonds. The molecule has 0 radical (unpaired) electrons. The van der Waals surface area contributed by atoms with Crippen molar-refractivity contribution in [3.63, 3.8) is 0 Å². The summed E-state index contributed by atoms with van der Waals surface area (Å²) in [7, 11) is 1.56. The van der Waals surface area contributed by atoms with E-state index >= 15 is 0 Å². The molecule has 1 aliphatic heterocycles. The number of amides is 2. The van der Waals surface area contributed by atoms with Crippen LogP contribution in [0.15, 0.2) is 84.9 Å². The van der Waals surface area contributed by atoms with Crippen LogP contribution in [0.4, 0.5) is 0 Å². The van der Waals surface area contributed by atoms with Crippen LogP contribution in [0.25, 0.3) is 22.3 Å². The molecule has 4 aromatic carbocycles. The van der Waals surface area contributed by atoms with Crippen molar-refractivity contribution in [2.45, 2.75) is 84.2 Å². The number of fused-ring (bicyclic) bond motifs is 5. The first kappa shape index (κ1) is 47.4. The maximum Gasteiger partial charge on any atom is 0.226 e. The number of nitrogens with one attached hydrogen (secondary N) is 1. The summed E-state index contributed by atoms with van der Waals surface area (Å²) in [4.78, 5) is 71.2. The number of rotatable bonds is 19. The van der Waals surface area contributed by atoms with Gasteiger partial charge < -0.3 is 36.9 Å². The first-order chi connectivity index (χ1) is 29.9. The number of nitrogens with two attached hydrogens (primary N) is 3. The molecule has 1 aliphatic rings. The fraction of sp³-hybridized carbons (Fsp3) is 0.420. The van der Waals surface area contributed by atoms with Gasteiger partial charge in [0.1, 0.15) is 30.8 Å². The standard InChI is InChI=1S/C50H63N5O7/c1-5-6-8-34-10-13-36(14-11-34)37-15-17-38(18-16-37)44(57)31-40(9-7-22-51)50(60)55(4)48-39-19-21-47(62-26-24-53)42(30-39)41-28-35(12-20-46(41)61-25-23-52)29-43(33(3)56)54-49(59)32(2)27-45(48)58/h10-21,28,30,32,40,43,48H,5-9,22-27,29,31,51-53H2,1-4H3,(H,54,59)/t32-,40-,43+,48+/m1/s1. The smallest absolute Gasteiger partial charge is 0.226 e. The lowest BCUT2D eigenvalue weighted by atomic mass is 9.88. The lowest BCUT2D eigenvalue weighted by Crippen LogP contribution is -2.45. The number of carbonyl (C=O) groups is 5. The Hall–Kier alpha value is -5.69. The minimum Gasteiger partial charge on any atom is -0.492 e. The highest BCUT2D eigenvalue weighted by atomic mass is 16.5. The molecule has 0 aromatic heterocycles. The van der Waals surface area contributed by atoms with Gasteiger partial charge in [-0.3, -0.25) is 24.0 Å². The lowest BCUT2D eigenvalue weighted by molar-refractivity contribution is -0.142. The van der Waals surface area contributed by atoms with Crippen LogP contribution in [0.1, 0.15) is 92.4 Å². The van der Waals surface area contributed by atoms with Gasteiger partial charge in [-0.1, -0.05) is 80.9 Å². The Balaban J connectivity index is 1.53. The third kappa shape index (κ3) is 12.2. The van der Waals surface area contributed by atoms with E-state index in [2.05, 4.69) is 36.5 Å². The Morgan fingerprint density at radius 3 is 2.00 bits per heavy atom. The zero-order valence-electron chi connectivity index (χ0n) is 36.6. The summed E-state index contributed by atoms with van der Waals surface area (Å²) in [6.07, 6.45) is 4.00. The second-order valence-corrected chi connectivity index (χ2v) is 16.3. The third-order valence-corrected chi connectivity index (χ3v) is 11.5. The summed E-state index contributed by atoms with van der Waals surface area (Å²) in [6, 6.07) is 24.6. The second-order valence-electron chi connectivity index (χ2n) is 16.3. The van der Waals surface area contributed by atoms with Crippen molar-refractivity contribution in [2.75, 3.05) is 39.9 Å². The van der Waals surface area contributed by atoms with Crippen molar-refractivity contribution >= 4 is 29.2 Å². The van der Waals surface area contributed by atoms with E-state index in [1.807, 2.05) is 24.3 Å². The molecule has 0 saturated heterocycles. The number of likely N-dealkylation sites (N-methyl/N-ethyl adjacent to an activating group) is 1. The van der Waals surface area contributed by atoms with Crippen molar-refractivity contribution in [1.29, 1.82) is 0 Å². The van der Waals surface area contributed by atoms with Crippen LogP contribution in [-0.4, -0.2) is 80.0 Å². The molecule has 0 unspecified atom stereocenters. The van der Waals surface area contributed by atoms with Crippen molar-refractivity contribution in [1.82, 2.24) is 10.2 Å². The van der Waals surface area contributed by atoms with E-state index in [1.165, 1.54) is 17.4 Å². The van der Waals surface area contributed by atoms with E-state index in [1.54, 1.807) is 50.4 Å². The number of benzene rings is 4. The molecular weight excluding hydrogens is 783 g/mol. The Morgan fingerprint density at radius 1 is 0.790 bits per heavy atom. The maximum atomic E-state index is 14.7. The number of ether oxygens (including phenoxy) is 2. The fourth-order valence-electron chi connectivity index (χ4n) is 7.94. The molecule has 7 N–H and O–H groups in total. The number of unbranched alkanes of at least 4 members (excludes halogenated alkanes) is 1. The van der Waals surface area contributed by atoms with Gasteiger partial charge in [-0.25, -0.2) is 0 Å². The van der Waals surface area contributed by atoms with Crippen molar-refractivity contribution in [2.24, 2.45) is 29.0 Å². The van der Waals surface area contributed by atoms with E-state index in [0.717, 1.165) is 36.0 Å². The highest BCUT2D eigenvalue weighted by Gasteiger charge is 2.36. The van der Waals surface area contributed by atoms with Crippen LogP contribution in [0.5, 0.6) is 11.5 Å². The molecule has 4 aromatic rings. The molecule has 4 atom stereocenters. The number of hydrogen-bond acceptors (Lipinski definition) is 10. The third-order valence-electron chi connectivity index (χ3n) is 11.5. The molecular formula is C50H63N5O7. The molecule has 12 nitrogen and oxygen atoms in total. The van der Waals surface area contributed by atoms with Crippen LogP contribution in [0, 0.1) is 11.8 Å². The number of carbonyl (C=O) groups excluding carboxylic acids is 5. The Morgan fingerprint density at radius 2 is 1.40 bits per heavy atom. The topological polar surface area (TPSA) is 197 Å². The number of ketones is 3. The van der Waals surface area contributed by atoms with Gasteiger partial charge in [0.2, 0.25) is 11.8 Å². The van der Waals surface area contributed by atoms with Gasteiger partial charge >= 0.3 is 0 Å². The molecule has 0 aliphatic carbocycles. The number of hydrogen-bond donors (Lipinski definition) is 4. The number of aryl methyl sites for hydroxylation is 1. The number of Topliss-reactive ketones (excluding diaryl/α,β-unsaturated/α-hetero) is 3. The zero-order valence-corrected chi connectivity index (χ0v) is 36.6. The first-order valence-corrected chi connectivity index (χ1v) is 21.8. The summed E-state index contributed by atoms with van der Waals surface area (Å²) in [5.41, 5.74) is 23.8. The molecule has 5 rings (SSSR count). The maximum absolute atomic E-state index is 14.7. The van der Waals surface area contributed by atoms with Crippen LogP contribution < -0.4 is 32.0 Å². The van der Waals surface area contributed by atoms with Gasteiger partial charge in [-0.05, 0) is 97.7 Å². The molecule has 62 heavy (non-hydrogen) atoms. The van der Waals surface area contributed by atoms with E-state index in [4.69, 9.17) is 26.7 Å². The predicted octanol–water partition coefficient (Wildman–Crippen LogP) is 6.39. The van der Waals surface area contributed by atoms with Crippen LogP contribution in [0.2, 0.25) is 0 Å². The Labute approximate surface area is 365 Å². The van der Waals surface area contributed by atoms with Crippen LogP contribution in [-0.2, 0) is 32.0 Å². The average molecular weight is 846 g/mol. The molecule has 330 valence electrons. The minimum absolute atomic E-state index is 0.0907. The average Bonchev–Trinajstić information content (AvgIpc) is 3.27. The molecule has 12 heteroatoms. The largest absolute Gasteiger partial charge is 0.492 e.